The van der Waals surface area contributed by atoms with Crippen LogP contribution in [0.2, 0.25) is 0 Å². The maximum atomic E-state index is 12.4. The van der Waals surface area contributed by atoms with Crippen LogP contribution in [0.4, 0.5) is 0 Å². The van der Waals surface area contributed by atoms with Crippen LogP contribution in [0.5, 0.6) is 0 Å². The van der Waals surface area contributed by atoms with Crippen LogP contribution < -0.4 is 10.6 Å². The van der Waals surface area contributed by atoms with Gasteiger partial charge in [-0.05, 0) is 38.5 Å². The number of ether oxygens (including phenoxy) is 1. The Balaban J connectivity index is -0.00000172. The fourth-order valence-corrected chi connectivity index (χ4v) is 16.5. The van der Waals surface area contributed by atoms with E-state index in [0.717, 1.165) is 83.5 Å². The molecule has 7 unspecified atom stereocenters. The molecule has 0 saturated carbocycles. The first kappa shape index (κ1) is 119. The third kappa shape index (κ3) is 94.6. The van der Waals surface area contributed by atoms with Gasteiger partial charge in [-0.1, -0.05) is 536 Å². The Morgan fingerprint density at radius 3 is 0.650 bits per heavy atom. The van der Waals surface area contributed by atoms with Gasteiger partial charge in [-0.3, -0.25) is 14.4 Å². The van der Waals surface area contributed by atoms with Crippen LogP contribution in [-0.2, 0) is 19.1 Å². The molecule has 0 aromatic heterocycles. The monoisotopic (exact) mass is 1660 g/mol. The molecule has 13 nitrogen and oxygen atoms in total. The molecule has 7 atom stereocenters. The van der Waals surface area contributed by atoms with Gasteiger partial charge in [-0.15, -0.1) is 0 Å². The molecule has 0 aliphatic heterocycles. The minimum Gasteiger partial charge on any atom is -0.466 e. The Morgan fingerprint density at radius 2 is 0.419 bits per heavy atom. The molecule has 0 aliphatic rings. The fourth-order valence-electron chi connectivity index (χ4n) is 16.5. The van der Waals surface area contributed by atoms with Gasteiger partial charge < -0.3 is 51.1 Å². The predicted molar refractivity (Wildman–Crippen MR) is 506 cm³/mol. The Hall–Kier alpha value is -1.87. The third-order valence-corrected chi connectivity index (χ3v) is 24.8. The van der Waals surface area contributed by atoms with Crippen molar-refractivity contribution in [1.82, 2.24) is 10.6 Å². The van der Waals surface area contributed by atoms with Crippen molar-refractivity contribution in [2.75, 3.05) is 19.8 Å². The molecule has 9 N–H and O–H groups in total. The number of hydrogen-bond donors (Lipinski definition) is 9. The van der Waals surface area contributed by atoms with E-state index in [1.54, 1.807) is 0 Å². The summed E-state index contributed by atoms with van der Waals surface area (Å²) in [4.78, 5) is 36.5. The minimum absolute atomic E-state index is 0.0169. The highest BCUT2D eigenvalue weighted by atomic mass is 16.5. The van der Waals surface area contributed by atoms with Crippen LogP contribution in [0.1, 0.15) is 587 Å². The first-order chi connectivity index (χ1) is 57.3. The zero-order valence-electron chi connectivity index (χ0n) is 79.5. The minimum atomic E-state index is -1.25. The van der Waals surface area contributed by atoms with E-state index in [9.17, 15) is 50.1 Å². The maximum Gasteiger partial charge on any atom is 0.305 e. The first-order valence-corrected chi connectivity index (χ1v) is 52.7. The Bertz CT molecular complexity index is 1880. The molecule has 0 rings (SSSR count). The van der Waals surface area contributed by atoms with Gasteiger partial charge in [0.25, 0.3) is 0 Å². The van der Waals surface area contributed by atoms with E-state index in [4.69, 9.17) is 4.74 Å². The molecule has 0 aromatic carbocycles. The van der Waals surface area contributed by atoms with Crippen molar-refractivity contribution in [3.05, 3.63) is 0 Å². The third-order valence-electron chi connectivity index (χ3n) is 24.8. The number of rotatable bonds is 95. The topological polar surface area (TPSA) is 226 Å². The molecule has 0 bridgehead atoms. The van der Waals surface area contributed by atoms with Crippen LogP contribution in [-0.4, -0.2) is 116 Å². The second-order valence-corrected chi connectivity index (χ2v) is 36.5. The highest BCUT2D eigenvalue weighted by Gasteiger charge is 2.30. The van der Waals surface area contributed by atoms with Crippen molar-refractivity contribution in [2.24, 2.45) is 0 Å². The number of unbranched alkanes of at least 4 members (excludes halogenated alkanes) is 74. The van der Waals surface area contributed by atoms with E-state index in [1.807, 2.05) is 0 Å². The fraction of sp³-hybridized carbons (Fsp3) is 0.971. The number of carbonyl (C=O) groups is 3. The standard InChI is InChI=1S/C42H85NO4.C36H73NO5.C26H52O2/c1-3-5-7-9-11-13-15-17-18-19-20-21-22-23-24-25-27-29-31-33-35-37-41(46)43-39(38-44)42(47)40(45)36-34-32-30-28-26-16-14-12-10-8-6-4-2;1-3-5-7-9-11-13-15-17-18-20-22-24-26-28-30-34(40)36(42)37-32(31-38)35(41)33(39)29-27-25-23-21-19-16-14-12-10-8-6-4-2;1-3-5-7-9-11-12-13-14-15-16-17-18-19-20-22-24-26(27)28-25-23-21-10-8-6-4-2/h39-40,42,44-45,47H,3-38H2,1-2H3,(H,43,46);32-35,38-41H,3-31H2,1-2H3,(H,37,42);3-25H2,1-2H3. The number of esters is 1. The molecular formula is C104H210N2O11. The molecule has 2 amide bonds. The van der Waals surface area contributed by atoms with Crippen molar-refractivity contribution in [3.8, 4) is 0 Å². The zero-order valence-corrected chi connectivity index (χ0v) is 79.5. The summed E-state index contributed by atoms with van der Waals surface area (Å²) in [6.07, 6.45) is 100. The normalized spacial score (nSPS) is 13.3. The van der Waals surface area contributed by atoms with Crippen LogP contribution in [0.15, 0.2) is 0 Å². The van der Waals surface area contributed by atoms with Crippen LogP contribution in [0.3, 0.4) is 0 Å². The van der Waals surface area contributed by atoms with E-state index in [-0.39, 0.29) is 18.5 Å². The van der Waals surface area contributed by atoms with Gasteiger partial charge in [0, 0.05) is 12.8 Å². The molecule has 0 aromatic rings. The number of nitrogens with one attached hydrogen (secondary N) is 2. The molecular weight excluding hydrogens is 1450 g/mol. The van der Waals surface area contributed by atoms with Gasteiger partial charge in [0.2, 0.25) is 11.8 Å². The molecule has 0 saturated heterocycles. The summed E-state index contributed by atoms with van der Waals surface area (Å²) in [5.74, 6) is -0.706. The SMILES string of the molecule is CCCCCCCCCCCCCCCCC(O)C(=O)NC(CO)C(O)C(O)CCCCCCCCCCCCCC.CCCCCCCCCCCCCCCCCC(=O)OCCCCCCCC.CCCCCCCCCCCCCCCCCCCCCCCC(=O)NC(CO)C(O)C(O)CCCCCCCCCCCCCC. The summed E-state index contributed by atoms with van der Waals surface area (Å²) in [5, 5.41) is 76.8. The van der Waals surface area contributed by atoms with E-state index in [1.165, 1.54) is 430 Å². The number of carbonyl (C=O) groups excluding carboxylic acids is 3. The highest BCUT2D eigenvalue weighted by Crippen LogP contribution is 2.22. The van der Waals surface area contributed by atoms with Crippen LogP contribution in [0, 0.1) is 0 Å². The lowest BCUT2D eigenvalue weighted by atomic mass is 9.99. The van der Waals surface area contributed by atoms with Gasteiger partial charge in [-0.2, -0.15) is 0 Å². The molecule has 117 heavy (non-hydrogen) atoms. The Kier molecular flexibility index (Phi) is 105. The van der Waals surface area contributed by atoms with Gasteiger partial charge >= 0.3 is 5.97 Å². The van der Waals surface area contributed by atoms with E-state index < -0.39 is 55.1 Å². The summed E-state index contributed by atoms with van der Waals surface area (Å²) in [6.45, 7) is 13.4. The van der Waals surface area contributed by atoms with Crippen molar-refractivity contribution < 1.29 is 54.9 Å². The van der Waals surface area contributed by atoms with Crippen molar-refractivity contribution in [1.29, 1.82) is 0 Å². The quantitative estimate of drug-likeness (QED) is 0.0206. The lowest BCUT2D eigenvalue weighted by molar-refractivity contribution is -0.144. The molecule has 0 spiro atoms. The first-order valence-electron chi connectivity index (χ1n) is 52.7. The van der Waals surface area contributed by atoms with Crippen molar-refractivity contribution in [2.45, 2.75) is 630 Å². The summed E-state index contributed by atoms with van der Waals surface area (Å²) in [6, 6.07) is -1.78. The number of amides is 2. The van der Waals surface area contributed by atoms with Gasteiger partial charge in [0.05, 0.1) is 44.1 Å². The molecule has 13 heteroatoms. The average molecular weight is 1660 g/mol. The Labute approximate surface area is 729 Å². The van der Waals surface area contributed by atoms with Crippen LogP contribution in [0.25, 0.3) is 0 Å². The lowest BCUT2D eigenvalue weighted by Gasteiger charge is -2.27. The zero-order chi connectivity index (χ0) is 86.1. The summed E-state index contributed by atoms with van der Waals surface area (Å²) in [5.41, 5.74) is 0. The van der Waals surface area contributed by atoms with Crippen LogP contribution >= 0.6 is 0 Å². The predicted octanol–water partition coefficient (Wildman–Crippen LogP) is 29.5. The van der Waals surface area contributed by atoms with Gasteiger partial charge in [-0.25, -0.2) is 0 Å². The molecule has 0 radical (unpaired) electrons. The summed E-state index contributed by atoms with van der Waals surface area (Å²) < 4.78 is 5.33. The summed E-state index contributed by atoms with van der Waals surface area (Å²) in [7, 11) is 0. The van der Waals surface area contributed by atoms with Gasteiger partial charge in [0.15, 0.2) is 0 Å². The number of aliphatic hydroxyl groups excluding tert-OH is 7. The highest BCUT2D eigenvalue weighted by molar-refractivity contribution is 5.80. The lowest BCUT2D eigenvalue weighted by Crippen LogP contribution is -2.53. The van der Waals surface area contributed by atoms with Crippen molar-refractivity contribution >= 4 is 17.8 Å². The smallest absolute Gasteiger partial charge is 0.305 e. The molecule has 0 aliphatic carbocycles. The molecule has 702 valence electrons. The van der Waals surface area contributed by atoms with E-state index in [2.05, 4.69) is 52.2 Å². The second kappa shape index (κ2) is 103. The summed E-state index contributed by atoms with van der Waals surface area (Å²) >= 11 is 0. The Morgan fingerprint density at radius 1 is 0.231 bits per heavy atom. The largest absolute Gasteiger partial charge is 0.466 e. The second-order valence-electron chi connectivity index (χ2n) is 36.5. The van der Waals surface area contributed by atoms with E-state index >= 15 is 0 Å². The average Bonchev–Trinajstić information content (AvgIpc) is 0.917. The van der Waals surface area contributed by atoms with Gasteiger partial charge in [0.1, 0.15) is 18.3 Å². The maximum absolute atomic E-state index is 12.4. The number of hydrogen-bond acceptors (Lipinski definition) is 11. The van der Waals surface area contributed by atoms with Crippen molar-refractivity contribution in [3.63, 3.8) is 0 Å². The number of aliphatic hydroxyl groups is 7. The molecule has 0 heterocycles. The molecule has 0 fully saturated rings. The van der Waals surface area contributed by atoms with E-state index in [0.29, 0.717) is 38.7 Å².